The van der Waals surface area contributed by atoms with Crippen molar-refractivity contribution >= 4 is 17.7 Å². The summed E-state index contributed by atoms with van der Waals surface area (Å²) < 4.78 is 16.6. The number of hydrogen-bond donors (Lipinski definition) is 1. The van der Waals surface area contributed by atoms with Gasteiger partial charge in [0.25, 0.3) is 5.91 Å². The standard InChI is InChI=1S/C26H24N2O4/c1-3-31-25-16-20(9-14-24(25)30-2)15-21(17-27)26(29)28-22-10-12-23(13-11-22)32-18-19-7-5-4-6-8-19/h4-16H,3,18H2,1-2H3,(H,28,29)/b21-15+. The van der Waals surface area contributed by atoms with Crippen molar-refractivity contribution in [3.05, 3.63) is 89.5 Å². The Morgan fingerprint density at radius 3 is 2.41 bits per heavy atom. The lowest BCUT2D eigenvalue weighted by molar-refractivity contribution is -0.112. The van der Waals surface area contributed by atoms with Gasteiger partial charge in [-0.15, -0.1) is 0 Å². The SMILES string of the molecule is CCOc1cc(/C=C(\C#N)C(=O)Nc2ccc(OCc3ccccc3)cc2)ccc1OC. The Kier molecular flexibility index (Phi) is 7.88. The molecule has 0 aliphatic carbocycles. The second kappa shape index (κ2) is 11.2. The van der Waals surface area contributed by atoms with Gasteiger partial charge >= 0.3 is 0 Å². The molecule has 0 saturated heterocycles. The first-order chi connectivity index (χ1) is 15.6. The number of ether oxygens (including phenoxy) is 3. The maximum atomic E-state index is 12.6. The Balaban J connectivity index is 1.66. The van der Waals surface area contributed by atoms with Crippen molar-refractivity contribution in [3.63, 3.8) is 0 Å². The second-order valence-electron chi connectivity index (χ2n) is 6.77. The second-order valence-corrected chi connectivity index (χ2v) is 6.77. The van der Waals surface area contributed by atoms with Crippen LogP contribution in [0.3, 0.4) is 0 Å². The summed E-state index contributed by atoms with van der Waals surface area (Å²) in [6, 6.07) is 24.0. The third-order valence-electron chi connectivity index (χ3n) is 4.52. The Morgan fingerprint density at radius 2 is 1.75 bits per heavy atom. The van der Waals surface area contributed by atoms with Gasteiger partial charge in [-0.25, -0.2) is 0 Å². The molecule has 32 heavy (non-hydrogen) atoms. The fourth-order valence-corrected chi connectivity index (χ4v) is 2.94. The molecule has 0 aliphatic rings. The highest BCUT2D eigenvalue weighted by molar-refractivity contribution is 6.09. The number of rotatable bonds is 9. The molecule has 0 radical (unpaired) electrons. The normalized spacial score (nSPS) is 10.7. The number of amides is 1. The average molecular weight is 428 g/mol. The van der Waals surface area contributed by atoms with E-state index in [1.54, 1.807) is 49.6 Å². The van der Waals surface area contributed by atoms with Crippen molar-refractivity contribution in [2.24, 2.45) is 0 Å². The smallest absolute Gasteiger partial charge is 0.266 e. The molecule has 1 N–H and O–H groups in total. The molecule has 1 amide bonds. The Morgan fingerprint density at radius 1 is 1.00 bits per heavy atom. The molecule has 3 aromatic rings. The van der Waals surface area contributed by atoms with Crippen molar-refractivity contribution in [3.8, 4) is 23.3 Å². The summed E-state index contributed by atoms with van der Waals surface area (Å²) in [4.78, 5) is 12.6. The first-order valence-corrected chi connectivity index (χ1v) is 10.1. The van der Waals surface area contributed by atoms with Crippen LogP contribution in [0.1, 0.15) is 18.1 Å². The van der Waals surface area contributed by atoms with E-state index in [1.165, 1.54) is 6.08 Å². The fourth-order valence-electron chi connectivity index (χ4n) is 2.94. The van der Waals surface area contributed by atoms with Gasteiger partial charge in [0.1, 0.15) is 24.0 Å². The van der Waals surface area contributed by atoms with Crippen LogP contribution in [0.15, 0.2) is 78.4 Å². The number of nitriles is 1. The molecule has 0 fully saturated rings. The van der Waals surface area contributed by atoms with Gasteiger partial charge in [0, 0.05) is 5.69 Å². The fraction of sp³-hybridized carbons (Fsp3) is 0.154. The van der Waals surface area contributed by atoms with E-state index in [-0.39, 0.29) is 5.57 Å². The molecule has 0 saturated carbocycles. The topological polar surface area (TPSA) is 80.6 Å². The number of nitrogens with zero attached hydrogens (tertiary/aromatic N) is 1. The molecule has 0 bridgehead atoms. The average Bonchev–Trinajstić information content (AvgIpc) is 2.83. The van der Waals surface area contributed by atoms with Gasteiger partial charge in [0.2, 0.25) is 0 Å². The lowest BCUT2D eigenvalue weighted by Crippen LogP contribution is -2.13. The third-order valence-corrected chi connectivity index (χ3v) is 4.52. The summed E-state index contributed by atoms with van der Waals surface area (Å²) in [5.41, 5.74) is 2.26. The summed E-state index contributed by atoms with van der Waals surface area (Å²) in [6.07, 6.45) is 1.51. The van der Waals surface area contributed by atoms with E-state index in [0.717, 1.165) is 5.56 Å². The Labute approximate surface area is 187 Å². The monoisotopic (exact) mass is 428 g/mol. The van der Waals surface area contributed by atoms with E-state index < -0.39 is 5.91 Å². The van der Waals surface area contributed by atoms with Gasteiger partial charge in [-0.1, -0.05) is 36.4 Å². The lowest BCUT2D eigenvalue weighted by atomic mass is 10.1. The number of anilines is 1. The number of carbonyl (C=O) groups is 1. The molecule has 0 heterocycles. The number of hydrogen-bond acceptors (Lipinski definition) is 5. The Hall–Kier alpha value is -4.24. The zero-order valence-corrected chi connectivity index (χ0v) is 18.0. The third kappa shape index (κ3) is 6.13. The van der Waals surface area contributed by atoms with Crippen LogP contribution < -0.4 is 19.5 Å². The maximum absolute atomic E-state index is 12.6. The molecule has 162 valence electrons. The molecule has 0 aromatic heterocycles. The highest BCUT2D eigenvalue weighted by atomic mass is 16.5. The van der Waals surface area contributed by atoms with Crippen LogP contribution >= 0.6 is 0 Å². The van der Waals surface area contributed by atoms with Crippen LogP contribution in [0.4, 0.5) is 5.69 Å². The van der Waals surface area contributed by atoms with Crippen molar-refractivity contribution in [1.29, 1.82) is 5.26 Å². The van der Waals surface area contributed by atoms with E-state index in [4.69, 9.17) is 14.2 Å². The van der Waals surface area contributed by atoms with Gasteiger partial charge in [-0.05, 0) is 60.5 Å². The molecular formula is C26H24N2O4. The molecule has 0 unspecified atom stereocenters. The van der Waals surface area contributed by atoms with E-state index in [9.17, 15) is 10.1 Å². The lowest BCUT2D eigenvalue weighted by Gasteiger charge is -2.10. The molecule has 0 atom stereocenters. The highest BCUT2D eigenvalue weighted by Crippen LogP contribution is 2.29. The number of carbonyl (C=O) groups excluding carboxylic acids is 1. The van der Waals surface area contributed by atoms with Gasteiger partial charge < -0.3 is 19.5 Å². The number of benzene rings is 3. The summed E-state index contributed by atoms with van der Waals surface area (Å²) in [5.74, 6) is 1.32. The van der Waals surface area contributed by atoms with E-state index >= 15 is 0 Å². The molecule has 6 heteroatoms. The van der Waals surface area contributed by atoms with Crippen LogP contribution in [0.25, 0.3) is 6.08 Å². The summed E-state index contributed by atoms with van der Waals surface area (Å²) in [7, 11) is 1.56. The van der Waals surface area contributed by atoms with Crippen molar-refractivity contribution in [2.45, 2.75) is 13.5 Å². The Bertz CT molecular complexity index is 1120. The van der Waals surface area contributed by atoms with Gasteiger partial charge in [-0.2, -0.15) is 5.26 Å². The highest BCUT2D eigenvalue weighted by Gasteiger charge is 2.11. The van der Waals surface area contributed by atoms with E-state index in [1.807, 2.05) is 43.3 Å². The predicted molar refractivity (Wildman–Crippen MR) is 124 cm³/mol. The summed E-state index contributed by atoms with van der Waals surface area (Å²) in [5, 5.41) is 12.2. The van der Waals surface area contributed by atoms with Crippen molar-refractivity contribution in [1.82, 2.24) is 0 Å². The minimum atomic E-state index is -0.501. The van der Waals surface area contributed by atoms with E-state index in [0.29, 0.717) is 41.7 Å². The minimum absolute atomic E-state index is 0.0259. The molecule has 3 rings (SSSR count). The largest absolute Gasteiger partial charge is 0.493 e. The van der Waals surface area contributed by atoms with Gasteiger partial charge in [0.15, 0.2) is 11.5 Å². The first-order valence-electron chi connectivity index (χ1n) is 10.1. The molecule has 0 spiro atoms. The van der Waals surface area contributed by atoms with Crippen LogP contribution in [-0.4, -0.2) is 19.6 Å². The first kappa shape index (κ1) is 22.4. The van der Waals surface area contributed by atoms with Crippen LogP contribution in [0, 0.1) is 11.3 Å². The van der Waals surface area contributed by atoms with Crippen LogP contribution in [0.5, 0.6) is 17.2 Å². The zero-order chi connectivity index (χ0) is 22.8. The molecular weight excluding hydrogens is 404 g/mol. The number of nitrogens with one attached hydrogen (secondary N) is 1. The minimum Gasteiger partial charge on any atom is -0.493 e. The molecule has 6 nitrogen and oxygen atoms in total. The van der Waals surface area contributed by atoms with Crippen molar-refractivity contribution in [2.75, 3.05) is 19.0 Å². The van der Waals surface area contributed by atoms with Gasteiger partial charge in [-0.3, -0.25) is 4.79 Å². The quantitative estimate of drug-likeness (QED) is 0.373. The van der Waals surface area contributed by atoms with Crippen molar-refractivity contribution < 1.29 is 19.0 Å². The zero-order valence-electron chi connectivity index (χ0n) is 18.0. The van der Waals surface area contributed by atoms with E-state index in [2.05, 4.69) is 5.32 Å². The van der Waals surface area contributed by atoms with Gasteiger partial charge in [0.05, 0.1) is 13.7 Å². The summed E-state index contributed by atoms with van der Waals surface area (Å²) >= 11 is 0. The van der Waals surface area contributed by atoms with Crippen LogP contribution in [-0.2, 0) is 11.4 Å². The number of methoxy groups -OCH3 is 1. The summed E-state index contributed by atoms with van der Waals surface area (Å²) in [6.45, 7) is 2.80. The molecule has 3 aromatic carbocycles. The molecule has 0 aliphatic heterocycles. The maximum Gasteiger partial charge on any atom is 0.266 e. The van der Waals surface area contributed by atoms with Crippen LogP contribution in [0.2, 0.25) is 0 Å². The predicted octanol–water partition coefficient (Wildman–Crippen LogP) is 5.22.